The summed E-state index contributed by atoms with van der Waals surface area (Å²) in [5, 5.41) is 6.58. The van der Waals surface area contributed by atoms with Gasteiger partial charge in [0.2, 0.25) is 0 Å². The second-order valence-electron chi connectivity index (χ2n) is 5.89. The van der Waals surface area contributed by atoms with Crippen LogP contribution in [0.4, 0.5) is 0 Å². The maximum absolute atomic E-state index is 12.5. The fourth-order valence-corrected chi connectivity index (χ4v) is 3.44. The van der Waals surface area contributed by atoms with Gasteiger partial charge in [0.25, 0.3) is 5.91 Å². The molecule has 1 amide bonds. The van der Waals surface area contributed by atoms with E-state index < -0.39 is 0 Å². The number of thiazole rings is 1. The quantitative estimate of drug-likeness (QED) is 0.635. The summed E-state index contributed by atoms with van der Waals surface area (Å²) in [4.78, 5) is 16.9. The molecule has 6 heteroatoms. The Morgan fingerprint density at radius 3 is 2.81 bits per heavy atom. The Kier molecular flexibility index (Phi) is 5.91. The molecule has 2 aromatic carbocycles. The standard InChI is InChI=1S/C20H19ClN2O2S/c1-13(18-8-3-4-9-19(18)21)22-20(24)15-6-5-7-17(10-15)25-11-16-12-26-14(2)23-16/h3-10,12-13H,11H2,1-2H3,(H,22,24). The average Bonchev–Trinajstić information content (AvgIpc) is 3.06. The molecular formula is C20H19ClN2O2S. The Hall–Kier alpha value is -2.37. The highest BCUT2D eigenvalue weighted by atomic mass is 35.5. The summed E-state index contributed by atoms with van der Waals surface area (Å²) in [6.07, 6.45) is 0. The van der Waals surface area contributed by atoms with Gasteiger partial charge < -0.3 is 10.1 Å². The van der Waals surface area contributed by atoms with Gasteiger partial charge in [-0.2, -0.15) is 0 Å². The van der Waals surface area contributed by atoms with Crippen molar-refractivity contribution >= 4 is 28.8 Å². The number of halogens is 1. The molecule has 0 spiro atoms. The Labute approximate surface area is 161 Å². The van der Waals surface area contributed by atoms with E-state index in [2.05, 4.69) is 10.3 Å². The molecule has 0 aliphatic rings. The second-order valence-corrected chi connectivity index (χ2v) is 7.36. The summed E-state index contributed by atoms with van der Waals surface area (Å²) in [5.74, 6) is 0.459. The van der Waals surface area contributed by atoms with E-state index >= 15 is 0 Å². The van der Waals surface area contributed by atoms with Crippen molar-refractivity contribution in [3.05, 3.63) is 80.8 Å². The zero-order valence-corrected chi connectivity index (χ0v) is 16.1. The first kappa shape index (κ1) is 18.4. The minimum absolute atomic E-state index is 0.174. The van der Waals surface area contributed by atoms with E-state index in [9.17, 15) is 4.79 Å². The Bertz CT molecular complexity index is 910. The lowest BCUT2D eigenvalue weighted by Crippen LogP contribution is -2.26. The number of hydrogen-bond acceptors (Lipinski definition) is 4. The number of rotatable bonds is 6. The second kappa shape index (κ2) is 8.34. The first-order chi connectivity index (χ1) is 12.5. The Morgan fingerprint density at radius 1 is 1.27 bits per heavy atom. The lowest BCUT2D eigenvalue weighted by Gasteiger charge is -2.16. The molecule has 1 N–H and O–H groups in total. The third kappa shape index (κ3) is 4.62. The van der Waals surface area contributed by atoms with Gasteiger partial charge in [-0.25, -0.2) is 4.98 Å². The van der Waals surface area contributed by atoms with Gasteiger partial charge in [-0.05, 0) is 43.7 Å². The van der Waals surface area contributed by atoms with Crippen LogP contribution in [0.15, 0.2) is 53.9 Å². The summed E-state index contributed by atoms with van der Waals surface area (Å²) >= 11 is 7.79. The number of amides is 1. The lowest BCUT2D eigenvalue weighted by molar-refractivity contribution is 0.0939. The van der Waals surface area contributed by atoms with Crippen LogP contribution in [0.1, 0.15) is 39.6 Å². The van der Waals surface area contributed by atoms with Gasteiger partial charge in [-0.15, -0.1) is 11.3 Å². The van der Waals surface area contributed by atoms with Gasteiger partial charge in [0.1, 0.15) is 12.4 Å². The van der Waals surface area contributed by atoms with Crippen LogP contribution in [0.2, 0.25) is 5.02 Å². The molecular weight excluding hydrogens is 368 g/mol. The third-order valence-corrected chi connectivity index (χ3v) is 5.04. The highest BCUT2D eigenvalue weighted by Crippen LogP contribution is 2.23. The highest BCUT2D eigenvalue weighted by Gasteiger charge is 2.14. The first-order valence-electron chi connectivity index (χ1n) is 8.22. The van der Waals surface area contributed by atoms with Crippen molar-refractivity contribution in [3.8, 4) is 5.75 Å². The number of aromatic nitrogens is 1. The Morgan fingerprint density at radius 2 is 2.08 bits per heavy atom. The van der Waals surface area contributed by atoms with Gasteiger partial charge >= 0.3 is 0 Å². The highest BCUT2D eigenvalue weighted by molar-refractivity contribution is 7.09. The van der Waals surface area contributed by atoms with Gasteiger partial charge in [0, 0.05) is 16.0 Å². The van der Waals surface area contributed by atoms with E-state index in [-0.39, 0.29) is 11.9 Å². The molecule has 0 saturated carbocycles. The number of nitrogens with one attached hydrogen (secondary N) is 1. The maximum Gasteiger partial charge on any atom is 0.251 e. The molecule has 0 fully saturated rings. The predicted octanol–water partition coefficient (Wildman–Crippen LogP) is 5.17. The van der Waals surface area contributed by atoms with E-state index in [1.807, 2.05) is 49.6 Å². The molecule has 1 atom stereocenters. The van der Waals surface area contributed by atoms with E-state index in [1.54, 1.807) is 29.5 Å². The number of aryl methyl sites for hydroxylation is 1. The van der Waals surface area contributed by atoms with Gasteiger partial charge in [0.05, 0.1) is 16.7 Å². The fourth-order valence-electron chi connectivity index (χ4n) is 2.54. The number of carbonyl (C=O) groups is 1. The van der Waals surface area contributed by atoms with Crippen molar-refractivity contribution in [1.29, 1.82) is 0 Å². The van der Waals surface area contributed by atoms with E-state index in [0.717, 1.165) is 16.3 Å². The molecule has 3 rings (SSSR count). The van der Waals surface area contributed by atoms with Gasteiger partial charge in [0.15, 0.2) is 0 Å². The number of carbonyl (C=O) groups excluding carboxylic acids is 1. The molecule has 134 valence electrons. The third-order valence-electron chi connectivity index (χ3n) is 3.87. The summed E-state index contributed by atoms with van der Waals surface area (Å²) in [6.45, 7) is 4.24. The van der Waals surface area contributed by atoms with Crippen LogP contribution in [0.5, 0.6) is 5.75 Å². The van der Waals surface area contributed by atoms with Crippen molar-refractivity contribution < 1.29 is 9.53 Å². The van der Waals surface area contributed by atoms with Crippen molar-refractivity contribution in [1.82, 2.24) is 10.3 Å². The van der Waals surface area contributed by atoms with Gasteiger partial charge in [-0.3, -0.25) is 4.79 Å². The average molecular weight is 387 g/mol. The summed E-state index contributed by atoms with van der Waals surface area (Å²) in [6, 6.07) is 14.4. The van der Waals surface area contributed by atoms with Crippen LogP contribution in [0, 0.1) is 6.92 Å². The van der Waals surface area contributed by atoms with Crippen LogP contribution in [0.3, 0.4) is 0 Å². The van der Waals surface area contributed by atoms with Crippen LogP contribution in [0.25, 0.3) is 0 Å². The van der Waals surface area contributed by atoms with Gasteiger partial charge in [-0.1, -0.05) is 35.9 Å². The molecule has 1 unspecified atom stereocenters. The van der Waals surface area contributed by atoms with E-state index in [1.165, 1.54) is 0 Å². The summed E-state index contributed by atoms with van der Waals surface area (Å²) < 4.78 is 5.75. The zero-order chi connectivity index (χ0) is 18.5. The maximum atomic E-state index is 12.5. The van der Waals surface area contributed by atoms with Crippen molar-refractivity contribution in [2.45, 2.75) is 26.5 Å². The normalized spacial score (nSPS) is 11.8. The van der Waals surface area contributed by atoms with Crippen LogP contribution < -0.4 is 10.1 Å². The molecule has 0 aliphatic heterocycles. The largest absolute Gasteiger partial charge is 0.487 e. The molecule has 1 aromatic heterocycles. The predicted molar refractivity (Wildman–Crippen MR) is 105 cm³/mol. The molecule has 3 aromatic rings. The molecule has 0 saturated heterocycles. The van der Waals surface area contributed by atoms with E-state index in [0.29, 0.717) is 22.9 Å². The molecule has 26 heavy (non-hydrogen) atoms. The van der Waals surface area contributed by atoms with E-state index in [4.69, 9.17) is 16.3 Å². The van der Waals surface area contributed by atoms with Crippen LogP contribution >= 0.6 is 22.9 Å². The molecule has 0 aliphatic carbocycles. The van der Waals surface area contributed by atoms with Crippen LogP contribution in [-0.2, 0) is 6.61 Å². The molecule has 4 nitrogen and oxygen atoms in total. The SMILES string of the molecule is Cc1nc(COc2cccc(C(=O)NC(C)c3ccccc3Cl)c2)cs1. The number of hydrogen-bond donors (Lipinski definition) is 1. The summed E-state index contributed by atoms with van der Waals surface area (Å²) in [5.41, 5.74) is 2.30. The molecule has 1 heterocycles. The van der Waals surface area contributed by atoms with Crippen molar-refractivity contribution in [2.75, 3.05) is 0 Å². The minimum Gasteiger partial charge on any atom is -0.487 e. The first-order valence-corrected chi connectivity index (χ1v) is 9.48. The van der Waals surface area contributed by atoms with Crippen molar-refractivity contribution in [3.63, 3.8) is 0 Å². The zero-order valence-electron chi connectivity index (χ0n) is 14.5. The molecule has 0 bridgehead atoms. The monoisotopic (exact) mass is 386 g/mol. The van der Waals surface area contributed by atoms with Crippen molar-refractivity contribution in [2.24, 2.45) is 0 Å². The number of benzene rings is 2. The van der Waals surface area contributed by atoms with Crippen LogP contribution in [-0.4, -0.2) is 10.9 Å². The minimum atomic E-state index is -0.196. The smallest absolute Gasteiger partial charge is 0.251 e. The topological polar surface area (TPSA) is 51.2 Å². The Balaban J connectivity index is 1.65. The lowest BCUT2D eigenvalue weighted by atomic mass is 10.1. The number of ether oxygens (including phenoxy) is 1. The molecule has 0 radical (unpaired) electrons. The fraction of sp³-hybridized carbons (Fsp3) is 0.200. The summed E-state index contributed by atoms with van der Waals surface area (Å²) in [7, 11) is 0. The number of nitrogens with zero attached hydrogens (tertiary/aromatic N) is 1.